The van der Waals surface area contributed by atoms with Gasteiger partial charge in [0.15, 0.2) is 0 Å². The van der Waals surface area contributed by atoms with Gasteiger partial charge in [0.1, 0.15) is 28.5 Å². The number of ketones is 1. The lowest BCUT2D eigenvalue weighted by Gasteiger charge is -1.98. The van der Waals surface area contributed by atoms with E-state index in [1.54, 1.807) is 0 Å². The van der Waals surface area contributed by atoms with Crippen molar-refractivity contribution in [2.45, 2.75) is 25.7 Å². The molecule has 2 heterocycles. The predicted octanol–water partition coefficient (Wildman–Crippen LogP) is 5.31. The van der Waals surface area contributed by atoms with Gasteiger partial charge in [-0.05, 0) is 24.3 Å². The van der Waals surface area contributed by atoms with E-state index in [0.29, 0.717) is 25.7 Å². The third-order valence-corrected chi connectivity index (χ3v) is 4.25. The summed E-state index contributed by atoms with van der Waals surface area (Å²) in [5.74, 6) is 1.97. The van der Waals surface area contributed by atoms with E-state index in [9.17, 15) is 4.79 Å². The van der Waals surface area contributed by atoms with Crippen molar-refractivity contribution >= 4 is 27.7 Å². The van der Waals surface area contributed by atoms with Crippen molar-refractivity contribution in [2.75, 3.05) is 0 Å². The van der Waals surface area contributed by atoms with Gasteiger partial charge in [-0.2, -0.15) is 0 Å². The maximum Gasteiger partial charge on any atom is 0.134 e. The molecule has 0 amide bonds. The number of fused-ring (bicyclic) bond motifs is 2. The summed E-state index contributed by atoms with van der Waals surface area (Å²) in [5, 5.41) is 2.17. The Morgan fingerprint density at radius 3 is 1.62 bits per heavy atom. The van der Waals surface area contributed by atoms with E-state index in [2.05, 4.69) is 0 Å². The van der Waals surface area contributed by atoms with Crippen LogP contribution >= 0.6 is 0 Å². The van der Waals surface area contributed by atoms with Crippen molar-refractivity contribution in [3.8, 4) is 0 Å². The van der Waals surface area contributed by atoms with Gasteiger partial charge in [0.25, 0.3) is 0 Å². The van der Waals surface area contributed by atoms with E-state index in [1.165, 1.54) is 0 Å². The monoisotopic (exact) mass is 318 g/mol. The zero-order valence-corrected chi connectivity index (χ0v) is 13.3. The lowest BCUT2D eigenvalue weighted by atomic mass is 10.1. The van der Waals surface area contributed by atoms with E-state index in [0.717, 1.165) is 33.5 Å². The molecular formula is C21H18O3. The number of carbonyl (C=O) groups excluding carboxylic acids is 1. The molecule has 0 aliphatic rings. The lowest BCUT2D eigenvalue weighted by Crippen LogP contribution is -2.01. The fourth-order valence-electron chi connectivity index (χ4n) is 2.97. The van der Waals surface area contributed by atoms with Crippen molar-refractivity contribution in [1.29, 1.82) is 0 Å². The fourth-order valence-corrected chi connectivity index (χ4v) is 2.97. The predicted molar refractivity (Wildman–Crippen MR) is 94.1 cm³/mol. The van der Waals surface area contributed by atoms with Crippen LogP contribution in [0.3, 0.4) is 0 Å². The Labute approximate surface area is 139 Å². The van der Waals surface area contributed by atoms with E-state index < -0.39 is 0 Å². The molecule has 0 spiro atoms. The van der Waals surface area contributed by atoms with E-state index >= 15 is 0 Å². The first-order chi connectivity index (χ1) is 11.8. The first-order valence-electron chi connectivity index (χ1n) is 8.24. The van der Waals surface area contributed by atoms with E-state index in [-0.39, 0.29) is 5.78 Å². The number of benzene rings is 2. The van der Waals surface area contributed by atoms with Crippen LogP contribution in [0.15, 0.2) is 69.5 Å². The molecule has 2 aromatic carbocycles. The van der Waals surface area contributed by atoms with Gasteiger partial charge in [0.2, 0.25) is 0 Å². The topological polar surface area (TPSA) is 43.4 Å². The Morgan fingerprint density at radius 1 is 0.708 bits per heavy atom. The van der Waals surface area contributed by atoms with Gasteiger partial charge in [-0.15, -0.1) is 0 Å². The van der Waals surface area contributed by atoms with Crippen LogP contribution in [0.4, 0.5) is 0 Å². The summed E-state index contributed by atoms with van der Waals surface area (Å²) in [6, 6.07) is 19.8. The van der Waals surface area contributed by atoms with Crippen LogP contribution in [0, 0.1) is 0 Å². The first-order valence-corrected chi connectivity index (χ1v) is 8.24. The number of carbonyl (C=O) groups is 1. The number of furan rings is 2. The number of hydrogen-bond acceptors (Lipinski definition) is 3. The van der Waals surface area contributed by atoms with Crippen molar-refractivity contribution in [3.63, 3.8) is 0 Å². The molecule has 3 nitrogen and oxygen atoms in total. The summed E-state index contributed by atoms with van der Waals surface area (Å²) < 4.78 is 11.5. The molecule has 0 aliphatic heterocycles. The first kappa shape index (κ1) is 14.8. The SMILES string of the molecule is O=C(CCc1cc2ccccc2o1)CCc1cc2ccccc2o1. The standard InChI is InChI=1S/C21H18O3/c22-17(9-11-18-13-15-5-1-3-7-20(15)23-18)10-12-19-14-16-6-2-4-8-21(16)24-19/h1-8,13-14H,9-12H2. The Kier molecular flexibility index (Phi) is 3.91. The highest BCUT2D eigenvalue weighted by Gasteiger charge is 2.09. The van der Waals surface area contributed by atoms with Gasteiger partial charge in [0.05, 0.1) is 0 Å². The van der Waals surface area contributed by atoms with Crippen molar-refractivity contribution in [3.05, 3.63) is 72.2 Å². The zero-order valence-electron chi connectivity index (χ0n) is 13.3. The minimum Gasteiger partial charge on any atom is -0.461 e. The number of hydrogen-bond donors (Lipinski definition) is 0. The molecule has 120 valence electrons. The van der Waals surface area contributed by atoms with Gasteiger partial charge in [-0.1, -0.05) is 36.4 Å². The molecule has 0 radical (unpaired) electrons. The normalized spacial score (nSPS) is 11.3. The second kappa shape index (κ2) is 6.36. The Bertz CT molecular complexity index is 844. The van der Waals surface area contributed by atoms with Crippen LogP contribution in [0.25, 0.3) is 21.9 Å². The molecule has 0 saturated carbocycles. The van der Waals surface area contributed by atoms with E-state index in [4.69, 9.17) is 8.83 Å². The highest BCUT2D eigenvalue weighted by atomic mass is 16.3. The smallest absolute Gasteiger partial charge is 0.134 e. The van der Waals surface area contributed by atoms with Crippen molar-refractivity contribution in [2.24, 2.45) is 0 Å². The minimum absolute atomic E-state index is 0.232. The molecule has 3 heteroatoms. The molecule has 0 aliphatic carbocycles. The van der Waals surface area contributed by atoms with Crippen LogP contribution in [0.1, 0.15) is 24.4 Å². The molecule has 4 rings (SSSR count). The van der Waals surface area contributed by atoms with Crippen LogP contribution in [0.5, 0.6) is 0 Å². The van der Waals surface area contributed by atoms with Crippen LogP contribution in [-0.2, 0) is 17.6 Å². The number of para-hydroxylation sites is 2. The largest absolute Gasteiger partial charge is 0.461 e. The average Bonchev–Trinajstić information content (AvgIpc) is 3.21. The second-order valence-electron chi connectivity index (χ2n) is 6.04. The fraction of sp³-hybridized carbons (Fsp3) is 0.190. The van der Waals surface area contributed by atoms with Gasteiger partial charge in [-0.25, -0.2) is 0 Å². The zero-order chi connectivity index (χ0) is 16.4. The molecule has 2 aromatic heterocycles. The Morgan fingerprint density at radius 2 is 1.17 bits per heavy atom. The Hall–Kier alpha value is -2.81. The molecule has 0 N–H and O–H groups in total. The molecular weight excluding hydrogens is 300 g/mol. The van der Waals surface area contributed by atoms with Crippen LogP contribution in [-0.4, -0.2) is 5.78 Å². The van der Waals surface area contributed by atoms with Crippen molar-refractivity contribution in [1.82, 2.24) is 0 Å². The van der Waals surface area contributed by atoms with Gasteiger partial charge in [-0.3, -0.25) is 4.79 Å². The molecule has 4 aromatic rings. The van der Waals surface area contributed by atoms with Gasteiger partial charge in [0, 0.05) is 36.5 Å². The Balaban J connectivity index is 1.33. The van der Waals surface area contributed by atoms with E-state index in [1.807, 2.05) is 60.7 Å². The van der Waals surface area contributed by atoms with Gasteiger partial charge < -0.3 is 8.83 Å². The summed E-state index contributed by atoms with van der Waals surface area (Å²) in [6.07, 6.45) is 2.29. The van der Waals surface area contributed by atoms with Crippen molar-refractivity contribution < 1.29 is 13.6 Å². The molecule has 24 heavy (non-hydrogen) atoms. The highest BCUT2D eigenvalue weighted by Crippen LogP contribution is 2.21. The highest BCUT2D eigenvalue weighted by molar-refractivity contribution is 5.81. The molecule has 0 unspecified atom stereocenters. The number of aryl methyl sites for hydroxylation is 2. The summed E-state index contributed by atoms with van der Waals surface area (Å²) in [5.41, 5.74) is 1.75. The summed E-state index contributed by atoms with van der Waals surface area (Å²) >= 11 is 0. The molecule has 0 fully saturated rings. The summed E-state index contributed by atoms with van der Waals surface area (Å²) in [4.78, 5) is 12.1. The summed E-state index contributed by atoms with van der Waals surface area (Å²) in [6.45, 7) is 0. The molecule has 0 bridgehead atoms. The van der Waals surface area contributed by atoms with Gasteiger partial charge >= 0.3 is 0 Å². The number of rotatable bonds is 6. The molecule has 0 saturated heterocycles. The third-order valence-electron chi connectivity index (χ3n) is 4.25. The second-order valence-corrected chi connectivity index (χ2v) is 6.04. The number of Topliss-reactive ketones (excluding diaryl/α,β-unsaturated/α-hetero) is 1. The minimum atomic E-state index is 0.232. The van der Waals surface area contributed by atoms with Crippen LogP contribution < -0.4 is 0 Å². The summed E-state index contributed by atoms with van der Waals surface area (Å²) in [7, 11) is 0. The van der Waals surface area contributed by atoms with Crippen LogP contribution in [0.2, 0.25) is 0 Å². The maximum atomic E-state index is 12.1. The average molecular weight is 318 g/mol. The molecule has 0 atom stereocenters. The third kappa shape index (κ3) is 3.11. The lowest BCUT2D eigenvalue weighted by molar-refractivity contribution is -0.119. The maximum absolute atomic E-state index is 12.1. The quantitative estimate of drug-likeness (QED) is 0.483.